The molecule has 114 valence electrons. The molecule has 0 aliphatic carbocycles. The van der Waals surface area contributed by atoms with Crippen LogP contribution in [0.5, 0.6) is 0 Å². The smallest absolute Gasteiger partial charge is 0.0533 e. The summed E-state index contributed by atoms with van der Waals surface area (Å²) in [7, 11) is 0. The fourth-order valence-corrected chi connectivity index (χ4v) is 1.56. The van der Waals surface area contributed by atoms with E-state index in [2.05, 4.69) is 41.5 Å². The van der Waals surface area contributed by atoms with E-state index in [1.807, 2.05) is 0 Å². The molecule has 0 amide bonds. The summed E-state index contributed by atoms with van der Waals surface area (Å²) in [5.41, 5.74) is 0. The average Bonchev–Trinajstić information content (AvgIpc) is 2.36. The third kappa shape index (κ3) is 44.4. The van der Waals surface area contributed by atoms with Gasteiger partial charge in [-0.25, -0.2) is 0 Å². The largest absolute Gasteiger partial charge is 0.0656 e. The van der Waals surface area contributed by atoms with Gasteiger partial charge in [-0.1, -0.05) is 119 Å². The van der Waals surface area contributed by atoms with Crippen molar-refractivity contribution >= 4 is 0 Å². The van der Waals surface area contributed by atoms with E-state index in [0.29, 0.717) is 0 Å². The van der Waals surface area contributed by atoms with Crippen molar-refractivity contribution in [2.24, 2.45) is 0 Å². The van der Waals surface area contributed by atoms with Crippen molar-refractivity contribution in [3.05, 3.63) is 0 Å². The standard InChI is InChI=1S/C10H22.C5H12.C3H8/c1-3-5-7-9-10-8-6-4-2;1-3-5-4-2;1-3-2/h3-10H2,1-2H3;3-5H2,1-2H3;3H2,1-2H3. The van der Waals surface area contributed by atoms with Crippen LogP contribution in [0.2, 0.25) is 0 Å². The molecule has 0 aromatic carbocycles. The number of hydrogen-bond donors (Lipinski definition) is 0. The van der Waals surface area contributed by atoms with Gasteiger partial charge in [0.05, 0.1) is 0 Å². The van der Waals surface area contributed by atoms with Gasteiger partial charge in [0.1, 0.15) is 0 Å². The molecular weight excluding hydrogens is 216 g/mol. The van der Waals surface area contributed by atoms with Gasteiger partial charge in [0, 0.05) is 0 Å². The summed E-state index contributed by atoms with van der Waals surface area (Å²) in [5, 5.41) is 0. The molecule has 0 fully saturated rings. The first-order valence-corrected chi connectivity index (χ1v) is 8.74. The molecule has 0 radical (unpaired) electrons. The molecule has 0 aliphatic rings. The van der Waals surface area contributed by atoms with Gasteiger partial charge < -0.3 is 0 Å². The van der Waals surface area contributed by atoms with Crippen LogP contribution in [0, 0.1) is 0 Å². The molecule has 0 rings (SSSR count). The highest BCUT2D eigenvalue weighted by Gasteiger charge is 1.87. The Morgan fingerprint density at radius 3 is 0.722 bits per heavy atom. The molecule has 0 nitrogen and oxygen atoms in total. The summed E-state index contributed by atoms with van der Waals surface area (Å²) >= 11 is 0. The average molecular weight is 259 g/mol. The molecule has 0 bridgehead atoms. The second-order valence-corrected chi connectivity index (χ2v) is 5.18. The summed E-state index contributed by atoms with van der Waals surface area (Å²) in [6.45, 7) is 13.2. The molecule has 0 saturated heterocycles. The van der Waals surface area contributed by atoms with E-state index >= 15 is 0 Å². The molecular formula is C18H42. The van der Waals surface area contributed by atoms with Gasteiger partial charge in [-0.3, -0.25) is 0 Å². The lowest BCUT2D eigenvalue weighted by molar-refractivity contribution is 0.585. The van der Waals surface area contributed by atoms with Crippen LogP contribution in [-0.4, -0.2) is 0 Å². The lowest BCUT2D eigenvalue weighted by Gasteiger charge is -1.97. The fourth-order valence-electron chi connectivity index (χ4n) is 1.56. The van der Waals surface area contributed by atoms with Gasteiger partial charge in [-0.2, -0.15) is 0 Å². The van der Waals surface area contributed by atoms with E-state index in [1.165, 1.54) is 77.0 Å². The Balaban J connectivity index is -0.000000235. The molecule has 0 N–H and O–H groups in total. The second kappa shape index (κ2) is 30.2. The van der Waals surface area contributed by atoms with Crippen LogP contribution in [-0.2, 0) is 0 Å². The summed E-state index contributed by atoms with van der Waals surface area (Å²) in [4.78, 5) is 0. The van der Waals surface area contributed by atoms with Crippen molar-refractivity contribution in [1.29, 1.82) is 0 Å². The maximum absolute atomic E-state index is 2.27. The molecule has 18 heavy (non-hydrogen) atoms. The first-order chi connectivity index (χ1) is 8.74. The molecule has 0 heterocycles. The van der Waals surface area contributed by atoms with E-state index in [0.717, 1.165) is 0 Å². The Morgan fingerprint density at radius 1 is 0.333 bits per heavy atom. The van der Waals surface area contributed by atoms with Gasteiger partial charge in [0.2, 0.25) is 0 Å². The highest BCUT2D eigenvalue weighted by atomic mass is 13.9. The Bertz CT molecular complexity index is 76.0. The minimum atomic E-state index is 1.25. The zero-order valence-corrected chi connectivity index (χ0v) is 14.5. The van der Waals surface area contributed by atoms with Gasteiger partial charge in [-0.05, 0) is 0 Å². The predicted molar refractivity (Wildman–Crippen MR) is 89.4 cm³/mol. The van der Waals surface area contributed by atoms with E-state index in [1.54, 1.807) is 0 Å². The molecule has 0 atom stereocenters. The molecule has 0 saturated carbocycles. The van der Waals surface area contributed by atoms with Gasteiger partial charge >= 0.3 is 0 Å². The highest BCUT2D eigenvalue weighted by Crippen LogP contribution is 2.07. The Labute approximate surface area is 119 Å². The number of unbranched alkanes of at least 4 members (excludes halogenated alkanes) is 9. The van der Waals surface area contributed by atoms with E-state index in [-0.39, 0.29) is 0 Å². The van der Waals surface area contributed by atoms with Crippen molar-refractivity contribution < 1.29 is 0 Å². The predicted octanol–water partition coefficient (Wildman–Crippen LogP) is 7.76. The summed E-state index contributed by atoms with van der Waals surface area (Å²) in [5.74, 6) is 0. The Hall–Kier alpha value is 0. The first-order valence-electron chi connectivity index (χ1n) is 8.74. The van der Waals surface area contributed by atoms with Crippen LogP contribution in [0.1, 0.15) is 119 Å². The topological polar surface area (TPSA) is 0 Å². The third-order valence-electron chi connectivity index (χ3n) is 2.66. The Kier molecular flexibility index (Phi) is 38.8. The highest BCUT2D eigenvalue weighted by molar-refractivity contribution is 4.43. The van der Waals surface area contributed by atoms with Crippen molar-refractivity contribution in [3.63, 3.8) is 0 Å². The van der Waals surface area contributed by atoms with E-state index < -0.39 is 0 Å². The van der Waals surface area contributed by atoms with Crippen molar-refractivity contribution in [2.45, 2.75) is 119 Å². The summed E-state index contributed by atoms with van der Waals surface area (Å²) in [6.07, 6.45) is 16.8. The molecule has 0 aromatic heterocycles. The minimum Gasteiger partial charge on any atom is -0.0656 e. The van der Waals surface area contributed by atoms with Crippen molar-refractivity contribution in [2.75, 3.05) is 0 Å². The quantitative estimate of drug-likeness (QED) is 0.371. The molecule has 0 unspecified atom stereocenters. The number of rotatable bonds is 9. The zero-order chi connectivity index (χ0) is 14.5. The molecule has 0 aliphatic heterocycles. The van der Waals surface area contributed by atoms with Crippen LogP contribution in [0.3, 0.4) is 0 Å². The maximum atomic E-state index is 2.27. The third-order valence-corrected chi connectivity index (χ3v) is 2.66. The lowest BCUT2D eigenvalue weighted by atomic mass is 10.1. The van der Waals surface area contributed by atoms with Crippen LogP contribution >= 0.6 is 0 Å². The normalized spacial score (nSPS) is 9.00. The zero-order valence-electron chi connectivity index (χ0n) is 14.5. The fraction of sp³-hybridized carbons (Fsp3) is 1.00. The van der Waals surface area contributed by atoms with Crippen molar-refractivity contribution in [1.82, 2.24) is 0 Å². The monoisotopic (exact) mass is 258 g/mol. The molecule has 0 aromatic rings. The lowest BCUT2D eigenvalue weighted by Crippen LogP contribution is -1.77. The SMILES string of the molecule is CCC.CCCCC.CCCCCCCCCC. The number of hydrogen-bond acceptors (Lipinski definition) is 0. The maximum Gasteiger partial charge on any atom is -0.0533 e. The molecule has 0 heteroatoms. The van der Waals surface area contributed by atoms with Crippen LogP contribution in [0.15, 0.2) is 0 Å². The van der Waals surface area contributed by atoms with Crippen LogP contribution in [0.25, 0.3) is 0 Å². The second-order valence-electron chi connectivity index (χ2n) is 5.18. The van der Waals surface area contributed by atoms with Crippen molar-refractivity contribution in [3.8, 4) is 0 Å². The van der Waals surface area contributed by atoms with E-state index in [4.69, 9.17) is 0 Å². The van der Waals surface area contributed by atoms with E-state index in [9.17, 15) is 0 Å². The van der Waals surface area contributed by atoms with Crippen LogP contribution < -0.4 is 0 Å². The first kappa shape index (κ1) is 23.1. The van der Waals surface area contributed by atoms with Gasteiger partial charge in [0.25, 0.3) is 0 Å². The summed E-state index contributed by atoms with van der Waals surface area (Å²) in [6, 6.07) is 0. The van der Waals surface area contributed by atoms with Gasteiger partial charge in [-0.15, -0.1) is 0 Å². The van der Waals surface area contributed by atoms with Crippen LogP contribution in [0.4, 0.5) is 0 Å². The van der Waals surface area contributed by atoms with Gasteiger partial charge in [0.15, 0.2) is 0 Å². The molecule has 0 spiro atoms. The summed E-state index contributed by atoms with van der Waals surface area (Å²) < 4.78 is 0. The minimum absolute atomic E-state index is 1.25. The Morgan fingerprint density at radius 2 is 0.556 bits per heavy atom.